The maximum absolute atomic E-state index is 6.36. The maximum atomic E-state index is 6.36. The zero-order chi connectivity index (χ0) is 17.4. The summed E-state index contributed by atoms with van der Waals surface area (Å²) in [4.78, 5) is 0. The molecule has 2 heterocycles. The molecule has 0 saturated heterocycles. The molecule has 0 atom stereocenters. The van der Waals surface area contributed by atoms with E-state index in [1.165, 1.54) is 0 Å². The molecule has 0 saturated carbocycles. The first-order chi connectivity index (χ1) is 12.2. The topological polar surface area (TPSA) is 49.4 Å². The van der Waals surface area contributed by atoms with E-state index in [1.807, 2.05) is 43.3 Å². The average Bonchev–Trinajstić information content (AvgIpc) is 2.64. The summed E-state index contributed by atoms with van der Waals surface area (Å²) >= 11 is -3.65. The fraction of sp³-hybridized carbons (Fsp3) is 0.333. The van der Waals surface area contributed by atoms with Crippen LogP contribution in [-0.2, 0) is 16.2 Å². The van der Waals surface area contributed by atoms with Crippen molar-refractivity contribution in [1.29, 1.82) is 0 Å². The number of hydrogen-bond acceptors (Lipinski definition) is 6. The summed E-state index contributed by atoms with van der Waals surface area (Å²) in [6.07, 6.45) is 0. The Labute approximate surface area is 153 Å². The van der Waals surface area contributed by atoms with Crippen LogP contribution in [0.4, 0.5) is 0 Å². The summed E-state index contributed by atoms with van der Waals surface area (Å²) < 4.78 is 31.7. The van der Waals surface area contributed by atoms with Gasteiger partial charge in [0.15, 0.2) is 0 Å². The molecule has 0 aliphatic carbocycles. The molecule has 2 aliphatic heterocycles. The first-order valence-electron chi connectivity index (χ1n) is 8.13. The van der Waals surface area contributed by atoms with Crippen LogP contribution in [0.15, 0.2) is 36.4 Å². The molecule has 7 heteroatoms. The molecule has 2 aliphatic rings. The molecule has 0 aromatic heterocycles. The van der Waals surface area contributed by atoms with E-state index in [4.69, 9.17) is 18.8 Å². The van der Waals surface area contributed by atoms with Crippen LogP contribution in [0, 0.1) is 0 Å². The quantitative estimate of drug-likeness (QED) is 0.656. The van der Waals surface area contributed by atoms with Crippen molar-refractivity contribution in [1.82, 2.24) is 3.15 Å². The Morgan fingerprint density at radius 2 is 1.44 bits per heavy atom. The van der Waals surface area contributed by atoms with E-state index >= 15 is 0 Å². The summed E-state index contributed by atoms with van der Waals surface area (Å²) in [6.45, 7) is 3.95. The number of rotatable bonds is 4. The summed E-state index contributed by atoms with van der Waals surface area (Å²) in [6, 6.07) is 11.7. The van der Waals surface area contributed by atoms with E-state index in [-0.39, 0.29) is 0 Å². The van der Waals surface area contributed by atoms with Crippen LogP contribution >= 0.6 is 0 Å². The van der Waals surface area contributed by atoms with Gasteiger partial charge in [0.05, 0.1) is 0 Å². The standard InChI is InChI=1S/C18H21NO5Te/c1-4-22-25-19(11-13-9-15(20-2)5-7-17(13)23-25)12-14-10-16(21-3)6-8-18(14)24-25/h5-10H,4,11-12H2,1-3H3. The second-order valence-electron chi connectivity index (χ2n) is 5.75. The van der Waals surface area contributed by atoms with Crippen LogP contribution in [0.1, 0.15) is 18.1 Å². The molecule has 0 unspecified atom stereocenters. The van der Waals surface area contributed by atoms with Gasteiger partial charge in [-0.3, -0.25) is 0 Å². The number of benzene rings is 2. The molecule has 0 spiro atoms. The number of ether oxygens (including phenoxy) is 2. The zero-order valence-corrected chi connectivity index (χ0v) is 16.8. The average molecular weight is 459 g/mol. The zero-order valence-electron chi connectivity index (χ0n) is 14.5. The molecule has 0 amide bonds. The fourth-order valence-corrected chi connectivity index (χ4v) is 9.16. The molecule has 2 aromatic rings. The summed E-state index contributed by atoms with van der Waals surface area (Å²) in [7, 11) is 3.33. The van der Waals surface area contributed by atoms with Crippen molar-refractivity contribution >= 4 is 19.7 Å². The third kappa shape index (κ3) is 2.91. The van der Waals surface area contributed by atoms with Crippen LogP contribution in [0.5, 0.6) is 23.0 Å². The van der Waals surface area contributed by atoms with E-state index in [0.717, 1.165) is 34.1 Å². The Bertz CT molecular complexity index is 738. The molecular weight excluding hydrogens is 438 g/mol. The SMILES string of the molecule is CCO[Te]12Oc3ccc(OC)cc3CN1Cc1cc(OC)ccc1O2. The minimum atomic E-state index is -3.65. The Balaban J connectivity index is 1.73. The van der Waals surface area contributed by atoms with Gasteiger partial charge in [-0.05, 0) is 0 Å². The molecule has 6 nitrogen and oxygen atoms in total. The predicted octanol–water partition coefficient (Wildman–Crippen LogP) is 2.96. The van der Waals surface area contributed by atoms with Crippen molar-refractivity contribution in [2.24, 2.45) is 0 Å². The van der Waals surface area contributed by atoms with E-state index in [9.17, 15) is 0 Å². The van der Waals surface area contributed by atoms with Gasteiger partial charge in [-0.2, -0.15) is 0 Å². The first kappa shape index (κ1) is 16.8. The van der Waals surface area contributed by atoms with Crippen LogP contribution in [0.2, 0.25) is 0 Å². The summed E-state index contributed by atoms with van der Waals surface area (Å²) in [5, 5.41) is 0. The summed E-state index contributed by atoms with van der Waals surface area (Å²) in [5.74, 6) is 3.28. The molecule has 2 aromatic carbocycles. The van der Waals surface area contributed by atoms with Crippen molar-refractivity contribution in [2.45, 2.75) is 20.0 Å². The number of methoxy groups -OCH3 is 2. The number of nitrogens with zero attached hydrogens (tertiary/aromatic N) is 1. The van der Waals surface area contributed by atoms with Crippen LogP contribution in [0.25, 0.3) is 0 Å². The van der Waals surface area contributed by atoms with Crippen molar-refractivity contribution in [3.8, 4) is 23.0 Å². The Morgan fingerprint density at radius 3 is 1.88 bits per heavy atom. The minimum absolute atomic E-state index is 0.550. The van der Waals surface area contributed by atoms with Gasteiger partial charge in [-0.25, -0.2) is 0 Å². The van der Waals surface area contributed by atoms with Crippen molar-refractivity contribution in [2.75, 3.05) is 20.8 Å². The van der Waals surface area contributed by atoms with Crippen molar-refractivity contribution < 1.29 is 18.8 Å². The molecule has 0 fully saturated rings. The van der Waals surface area contributed by atoms with E-state index in [2.05, 4.69) is 3.15 Å². The van der Waals surface area contributed by atoms with Crippen LogP contribution in [0.3, 0.4) is 0 Å². The Morgan fingerprint density at radius 1 is 0.920 bits per heavy atom. The van der Waals surface area contributed by atoms with Gasteiger partial charge < -0.3 is 0 Å². The monoisotopic (exact) mass is 461 g/mol. The van der Waals surface area contributed by atoms with Gasteiger partial charge in [0.2, 0.25) is 0 Å². The molecule has 4 rings (SSSR count). The fourth-order valence-electron chi connectivity index (χ4n) is 2.99. The van der Waals surface area contributed by atoms with Gasteiger partial charge in [0.25, 0.3) is 0 Å². The Hall–Kier alpha value is -1.65. The predicted molar refractivity (Wildman–Crippen MR) is 93.9 cm³/mol. The van der Waals surface area contributed by atoms with E-state index in [0.29, 0.717) is 19.7 Å². The van der Waals surface area contributed by atoms with Crippen LogP contribution < -0.4 is 15.7 Å². The Kier molecular flexibility index (Phi) is 4.42. The first-order valence-corrected chi connectivity index (χ1v) is 12.0. The van der Waals surface area contributed by atoms with E-state index in [1.54, 1.807) is 14.2 Å². The molecule has 0 bridgehead atoms. The second-order valence-corrected chi connectivity index (χ2v) is 11.3. The second kappa shape index (κ2) is 6.58. The molecule has 0 radical (unpaired) electrons. The van der Waals surface area contributed by atoms with Crippen molar-refractivity contribution in [3.05, 3.63) is 47.5 Å². The van der Waals surface area contributed by atoms with Gasteiger partial charge in [0, 0.05) is 0 Å². The number of fused-ring (bicyclic) bond motifs is 3. The molecular formula is C18H21NO5Te. The third-order valence-corrected chi connectivity index (χ3v) is 10.5. The van der Waals surface area contributed by atoms with Crippen molar-refractivity contribution in [3.63, 3.8) is 0 Å². The van der Waals surface area contributed by atoms with Crippen LogP contribution in [-0.4, -0.2) is 43.7 Å². The summed E-state index contributed by atoms with van der Waals surface area (Å²) in [5.41, 5.74) is 2.16. The van der Waals surface area contributed by atoms with Gasteiger partial charge in [-0.15, -0.1) is 0 Å². The normalized spacial score (nSPS) is 18.7. The van der Waals surface area contributed by atoms with Gasteiger partial charge >= 0.3 is 153 Å². The molecule has 134 valence electrons. The van der Waals surface area contributed by atoms with E-state index < -0.39 is 19.7 Å². The van der Waals surface area contributed by atoms with Gasteiger partial charge in [0.1, 0.15) is 0 Å². The molecule has 0 N–H and O–H groups in total. The van der Waals surface area contributed by atoms with Gasteiger partial charge in [-0.1, -0.05) is 0 Å². The number of hydrogen-bond donors (Lipinski definition) is 0. The third-order valence-electron chi connectivity index (χ3n) is 4.20. The molecule has 25 heavy (non-hydrogen) atoms.